The lowest BCUT2D eigenvalue weighted by Crippen LogP contribution is -2.31. The average molecular weight is 254 g/mol. The van der Waals surface area contributed by atoms with E-state index in [1.54, 1.807) is 21.0 Å². The van der Waals surface area contributed by atoms with Crippen LogP contribution < -0.4 is 0 Å². The summed E-state index contributed by atoms with van der Waals surface area (Å²) in [7, 11) is 3.28. The molecule has 7 heteroatoms. The Labute approximate surface area is 105 Å². The fourth-order valence-electron chi connectivity index (χ4n) is 1.76. The van der Waals surface area contributed by atoms with Gasteiger partial charge in [-0.2, -0.15) is 0 Å². The van der Waals surface area contributed by atoms with E-state index in [0.717, 1.165) is 0 Å². The number of aromatic carboxylic acids is 1. The van der Waals surface area contributed by atoms with E-state index in [4.69, 9.17) is 5.11 Å². The molecule has 1 aromatic rings. The van der Waals surface area contributed by atoms with Crippen molar-refractivity contribution in [2.75, 3.05) is 14.1 Å². The quantitative estimate of drug-likeness (QED) is 0.856. The lowest BCUT2D eigenvalue weighted by Gasteiger charge is -2.19. The Morgan fingerprint density at radius 2 is 1.83 bits per heavy atom. The van der Waals surface area contributed by atoms with Crippen molar-refractivity contribution in [3.8, 4) is 0 Å². The number of carbonyl (C=O) groups is 2. The van der Waals surface area contributed by atoms with Gasteiger partial charge in [0.1, 0.15) is 6.04 Å². The summed E-state index contributed by atoms with van der Waals surface area (Å²) in [6.45, 7) is 5.36. The molecule has 0 radical (unpaired) electrons. The smallest absolute Gasteiger partial charge is 0.358 e. The van der Waals surface area contributed by atoms with E-state index in [1.165, 1.54) is 9.58 Å². The molecule has 1 aromatic heterocycles. The number of carboxylic acids is 1. The SMILES string of the molecule is CC(C)c1c(C(=O)O)nnn1C(C)C(=O)N(C)C. The van der Waals surface area contributed by atoms with Crippen molar-refractivity contribution in [2.24, 2.45) is 0 Å². The van der Waals surface area contributed by atoms with Crippen LogP contribution in [0.3, 0.4) is 0 Å². The van der Waals surface area contributed by atoms with E-state index in [9.17, 15) is 9.59 Å². The second kappa shape index (κ2) is 5.16. The first-order valence-electron chi connectivity index (χ1n) is 5.66. The van der Waals surface area contributed by atoms with Gasteiger partial charge < -0.3 is 10.0 Å². The Hall–Kier alpha value is -1.92. The zero-order valence-corrected chi connectivity index (χ0v) is 11.2. The zero-order chi connectivity index (χ0) is 14.0. The third-order valence-electron chi connectivity index (χ3n) is 2.64. The van der Waals surface area contributed by atoms with E-state index >= 15 is 0 Å². The molecule has 1 amide bonds. The number of rotatable bonds is 4. The molecule has 0 bridgehead atoms. The van der Waals surface area contributed by atoms with E-state index in [-0.39, 0.29) is 17.5 Å². The van der Waals surface area contributed by atoms with Crippen LogP contribution in [0.15, 0.2) is 0 Å². The molecule has 0 aliphatic rings. The van der Waals surface area contributed by atoms with E-state index < -0.39 is 12.0 Å². The van der Waals surface area contributed by atoms with E-state index in [1.807, 2.05) is 13.8 Å². The Balaban J connectivity index is 3.25. The third-order valence-corrected chi connectivity index (χ3v) is 2.64. The number of carbonyl (C=O) groups excluding carboxylic acids is 1. The Kier molecular flexibility index (Phi) is 4.05. The average Bonchev–Trinajstić information content (AvgIpc) is 2.71. The molecular weight excluding hydrogens is 236 g/mol. The maximum absolute atomic E-state index is 11.9. The second-order valence-corrected chi connectivity index (χ2v) is 4.64. The van der Waals surface area contributed by atoms with Crippen LogP contribution in [0.4, 0.5) is 0 Å². The van der Waals surface area contributed by atoms with Gasteiger partial charge in [0.15, 0.2) is 5.69 Å². The molecular formula is C11H18N4O3. The summed E-state index contributed by atoms with van der Waals surface area (Å²) >= 11 is 0. The number of carboxylic acid groups (broad SMARTS) is 1. The summed E-state index contributed by atoms with van der Waals surface area (Å²) in [4.78, 5) is 24.4. The highest BCUT2D eigenvalue weighted by Crippen LogP contribution is 2.21. The van der Waals surface area contributed by atoms with Crippen LogP contribution in [0.2, 0.25) is 0 Å². The van der Waals surface area contributed by atoms with Gasteiger partial charge >= 0.3 is 5.97 Å². The first kappa shape index (κ1) is 14.1. The lowest BCUT2D eigenvalue weighted by molar-refractivity contribution is -0.132. The van der Waals surface area contributed by atoms with Gasteiger partial charge in [-0.05, 0) is 12.8 Å². The summed E-state index contributed by atoms with van der Waals surface area (Å²) in [5, 5.41) is 16.5. The second-order valence-electron chi connectivity index (χ2n) is 4.64. The Morgan fingerprint density at radius 3 is 2.22 bits per heavy atom. The highest BCUT2D eigenvalue weighted by Gasteiger charge is 2.27. The van der Waals surface area contributed by atoms with E-state index in [0.29, 0.717) is 5.69 Å². The van der Waals surface area contributed by atoms with Crippen LogP contribution in [0.1, 0.15) is 48.9 Å². The number of aromatic nitrogens is 3. The largest absolute Gasteiger partial charge is 0.476 e. The zero-order valence-electron chi connectivity index (χ0n) is 11.2. The molecule has 1 heterocycles. The molecule has 100 valence electrons. The van der Waals surface area contributed by atoms with Crippen LogP contribution in [0.25, 0.3) is 0 Å². The monoisotopic (exact) mass is 254 g/mol. The Morgan fingerprint density at radius 1 is 1.28 bits per heavy atom. The number of likely N-dealkylation sites (N-methyl/N-ethyl adjacent to an activating group) is 1. The molecule has 0 spiro atoms. The molecule has 1 atom stereocenters. The van der Waals surface area contributed by atoms with Gasteiger partial charge in [0.05, 0.1) is 5.69 Å². The molecule has 1 rings (SSSR count). The maximum atomic E-state index is 11.9. The van der Waals surface area contributed by atoms with Crippen molar-refractivity contribution < 1.29 is 14.7 Å². The predicted molar refractivity (Wildman–Crippen MR) is 64.5 cm³/mol. The minimum atomic E-state index is -1.13. The summed E-state index contributed by atoms with van der Waals surface area (Å²) in [5.41, 5.74) is 0.369. The molecule has 0 fully saturated rings. The Bertz CT molecular complexity index is 465. The van der Waals surface area contributed by atoms with E-state index in [2.05, 4.69) is 10.3 Å². The van der Waals surface area contributed by atoms with Crippen molar-refractivity contribution in [1.29, 1.82) is 0 Å². The molecule has 0 aliphatic carbocycles. The minimum Gasteiger partial charge on any atom is -0.476 e. The third kappa shape index (κ3) is 2.49. The van der Waals surface area contributed by atoms with Crippen LogP contribution in [-0.2, 0) is 4.79 Å². The van der Waals surface area contributed by atoms with Gasteiger partial charge in [0.2, 0.25) is 5.91 Å². The molecule has 0 saturated heterocycles. The van der Waals surface area contributed by atoms with Crippen LogP contribution in [0, 0.1) is 0 Å². The topological polar surface area (TPSA) is 88.3 Å². The van der Waals surface area contributed by atoms with Gasteiger partial charge in [0.25, 0.3) is 0 Å². The highest BCUT2D eigenvalue weighted by atomic mass is 16.4. The molecule has 7 nitrogen and oxygen atoms in total. The predicted octanol–water partition coefficient (Wildman–Crippen LogP) is 0.749. The van der Waals surface area contributed by atoms with Crippen LogP contribution in [-0.4, -0.2) is 51.0 Å². The molecule has 0 aromatic carbocycles. The van der Waals surface area contributed by atoms with Gasteiger partial charge in [-0.1, -0.05) is 19.1 Å². The number of amides is 1. The number of nitrogens with zero attached hydrogens (tertiary/aromatic N) is 4. The van der Waals surface area contributed by atoms with Gasteiger partial charge in [-0.3, -0.25) is 4.79 Å². The normalized spacial score (nSPS) is 12.6. The van der Waals surface area contributed by atoms with Crippen molar-refractivity contribution >= 4 is 11.9 Å². The fraction of sp³-hybridized carbons (Fsp3) is 0.636. The van der Waals surface area contributed by atoms with Crippen molar-refractivity contribution in [2.45, 2.75) is 32.7 Å². The first-order valence-corrected chi connectivity index (χ1v) is 5.66. The summed E-state index contributed by atoms with van der Waals surface area (Å²) < 4.78 is 1.39. The summed E-state index contributed by atoms with van der Waals surface area (Å²) in [6, 6.07) is -0.571. The standard InChI is InChI=1S/C11H18N4O3/c1-6(2)9-8(11(17)18)12-13-15(9)7(3)10(16)14(4)5/h6-7H,1-5H3,(H,17,18). The van der Waals surface area contributed by atoms with Crippen LogP contribution in [0.5, 0.6) is 0 Å². The lowest BCUT2D eigenvalue weighted by atomic mass is 10.1. The van der Waals surface area contributed by atoms with Gasteiger partial charge in [-0.25, -0.2) is 9.48 Å². The summed E-state index contributed by atoms with van der Waals surface area (Å²) in [6.07, 6.45) is 0. The van der Waals surface area contributed by atoms with Gasteiger partial charge in [0, 0.05) is 14.1 Å². The number of hydrogen-bond donors (Lipinski definition) is 1. The number of hydrogen-bond acceptors (Lipinski definition) is 4. The fourth-order valence-corrected chi connectivity index (χ4v) is 1.76. The van der Waals surface area contributed by atoms with Gasteiger partial charge in [-0.15, -0.1) is 5.10 Å². The first-order chi connectivity index (χ1) is 8.27. The molecule has 0 saturated carbocycles. The molecule has 1 unspecified atom stereocenters. The molecule has 0 aliphatic heterocycles. The molecule has 1 N–H and O–H groups in total. The van der Waals surface area contributed by atoms with Crippen molar-refractivity contribution in [3.63, 3.8) is 0 Å². The van der Waals surface area contributed by atoms with Crippen molar-refractivity contribution in [1.82, 2.24) is 19.9 Å². The van der Waals surface area contributed by atoms with Crippen molar-refractivity contribution in [3.05, 3.63) is 11.4 Å². The highest BCUT2D eigenvalue weighted by molar-refractivity contribution is 5.87. The summed E-state index contributed by atoms with van der Waals surface area (Å²) in [5.74, 6) is -1.36. The van der Waals surface area contributed by atoms with Crippen LogP contribution >= 0.6 is 0 Å². The molecule has 18 heavy (non-hydrogen) atoms. The maximum Gasteiger partial charge on any atom is 0.358 e. The minimum absolute atomic E-state index is 0.0801.